The summed E-state index contributed by atoms with van der Waals surface area (Å²) in [5, 5.41) is 10.3. The van der Waals surface area contributed by atoms with Gasteiger partial charge >= 0.3 is 0 Å². The maximum absolute atomic E-state index is 9.72. The number of methoxy groups -OCH3 is 1. The van der Waals surface area contributed by atoms with Gasteiger partial charge in [0.15, 0.2) is 0 Å². The number of halogens is 1. The molecule has 0 saturated carbocycles. The number of aliphatic hydroxyl groups excluding tert-OH is 1. The van der Waals surface area contributed by atoms with Crippen LogP contribution in [0.2, 0.25) is 5.02 Å². The number of hydrogen-bond acceptors (Lipinski definition) is 3. The Balaban J connectivity index is 2.95. The van der Waals surface area contributed by atoms with Crippen LogP contribution in [0.25, 0.3) is 0 Å². The maximum atomic E-state index is 9.72. The van der Waals surface area contributed by atoms with Crippen molar-refractivity contribution in [2.45, 2.75) is 12.5 Å². The highest BCUT2D eigenvalue weighted by Gasteiger charge is 2.12. The van der Waals surface area contributed by atoms with Crippen molar-refractivity contribution in [3.8, 4) is 5.75 Å². The van der Waals surface area contributed by atoms with E-state index < -0.39 is 6.10 Å². The van der Waals surface area contributed by atoms with Crippen LogP contribution in [-0.2, 0) is 0 Å². The topological polar surface area (TPSA) is 55.5 Å². The van der Waals surface area contributed by atoms with Gasteiger partial charge in [-0.25, -0.2) is 0 Å². The Morgan fingerprint density at radius 1 is 1.57 bits per heavy atom. The molecule has 14 heavy (non-hydrogen) atoms. The van der Waals surface area contributed by atoms with Gasteiger partial charge in [-0.05, 0) is 25.1 Å². The van der Waals surface area contributed by atoms with E-state index >= 15 is 0 Å². The number of ether oxygens (including phenoxy) is 1. The summed E-state index contributed by atoms with van der Waals surface area (Å²) in [5.74, 6) is 0.596. The summed E-state index contributed by atoms with van der Waals surface area (Å²) in [6.45, 7) is 0.437. The zero-order valence-corrected chi connectivity index (χ0v) is 8.79. The van der Waals surface area contributed by atoms with Gasteiger partial charge in [0.05, 0.1) is 13.2 Å². The Morgan fingerprint density at radius 2 is 2.29 bits per heavy atom. The molecule has 0 amide bonds. The second kappa shape index (κ2) is 5.20. The number of nitrogens with two attached hydrogens (primary N) is 1. The largest absolute Gasteiger partial charge is 0.496 e. The van der Waals surface area contributed by atoms with Crippen molar-refractivity contribution < 1.29 is 9.84 Å². The monoisotopic (exact) mass is 215 g/mol. The lowest BCUT2D eigenvalue weighted by atomic mass is 10.1. The zero-order chi connectivity index (χ0) is 10.6. The average molecular weight is 216 g/mol. The fourth-order valence-corrected chi connectivity index (χ4v) is 1.44. The van der Waals surface area contributed by atoms with Crippen molar-refractivity contribution in [2.24, 2.45) is 5.73 Å². The molecule has 78 valence electrons. The van der Waals surface area contributed by atoms with E-state index in [0.29, 0.717) is 23.7 Å². The molecule has 3 N–H and O–H groups in total. The average Bonchev–Trinajstić information content (AvgIpc) is 2.17. The highest BCUT2D eigenvalue weighted by atomic mass is 35.5. The predicted octanol–water partition coefficient (Wildman–Crippen LogP) is 1.73. The number of rotatable bonds is 4. The van der Waals surface area contributed by atoms with E-state index in [2.05, 4.69) is 0 Å². The van der Waals surface area contributed by atoms with Crippen LogP contribution in [-0.4, -0.2) is 18.8 Å². The first kappa shape index (κ1) is 11.3. The molecule has 3 nitrogen and oxygen atoms in total. The first-order chi connectivity index (χ1) is 6.69. The minimum Gasteiger partial charge on any atom is -0.496 e. The first-order valence-electron chi connectivity index (χ1n) is 4.40. The molecule has 0 saturated heterocycles. The Hall–Kier alpha value is -0.770. The molecule has 0 heterocycles. The lowest BCUT2D eigenvalue weighted by Gasteiger charge is -2.13. The minimum atomic E-state index is -0.591. The van der Waals surface area contributed by atoms with Crippen LogP contribution in [0, 0.1) is 0 Å². The maximum Gasteiger partial charge on any atom is 0.126 e. The van der Waals surface area contributed by atoms with Gasteiger partial charge in [0.25, 0.3) is 0 Å². The van der Waals surface area contributed by atoms with Crippen LogP contribution in [0.1, 0.15) is 18.1 Å². The molecular weight excluding hydrogens is 202 g/mol. The van der Waals surface area contributed by atoms with Crippen molar-refractivity contribution in [1.29, 1.82) is 0 Å². The van der Waals surface area contributed by atoms with Crippen LogP contribution in [0.3, 0.4) is 0 Å². The van der Waals surface area contributed by atoms with Crippen LogP contribution in [0.4, 0.5) is 0 Å². The van der Waals surface area contributed by atoms with Crippen LogP contribution >= 0.6 is 11.6 Å². The van der Waals surface area contributed by atoms with E-state index in [1.54, 1.807) is 25.3 Å². The van der Waals surface area contributed by atoms with Crippen LogP contribution < -0.4 is 10.5 Å². The van der Waals surface area contributed by atoms with Gasteiger partial charge < -0.3 is 15.6 Å². The van der Waals surface area contributed by atoms with Gasteiger partial charge in [-0.1, -0.05) is 17.7 Å². The quantitative estimate of drug-likeness (QED) is 0.805. The van der Waals surface area contributed by atoms with Gasteiger partial charge in [-0.3, -0.25) is 0 Å². The molecule has 0 aliphatic heterocycles. The van der Waals surface area contributed by atoms with Gasteiger partial charge in [-0.2, -0.15) is 0 Å². The summed E-state index contributed by atoms with van der Waals surface area (Å²) in [6.07, 6.45) is -0.0786. The first-order valence-corrected chi connectivity index (χ1v) is 4.78. The Bertz CT molecular complexity index is 304. The molecule has 1 aromatic rings. The number of benzene rings is 1. The Morgan fingerprint density at radius 3 is 2.86 bits per heavy atom. The van der Waals surface area contributed by atoms with E-state index in [0.717, 1.165) is 5.56 Å². The van der Waals surface area contributed by atoms with Gasteiger partial charge in [0.1, 0.15) is 5.75 Å². The molecule has 0 radical (unpaired) electrons. The second-order valence-electron chi connectivity index (χ2n) is 2.98. The summed E-state index contributed by atoms with van der Waals surface area (Å²) in [4.78, 5) is 0. The second-order valence-corrected chi connectivity index (χ2v) is 3.42. The van der Waals surface area contributed by atoms with E-state index in [4.69, 9.17) is 22.1 Å². The molecule has 1 rings (SSSR count). The molecule has 0 bridgehead atoms. The highest BCUT2D eigenvalue weighted by molar-refractivity contribution is 6.30. The molecule has 0 spiro atoms. The molecule has 0 aliphatic carbocycles. The van der Waals surface area contributed by atoms with Crippen molar-refractivity contribution >= 4 is 11.6 Å². The van der Waals surface area contributed by atoms with Crippen LogP contribution in [0.15, 0.2) is 18.2 Å². The number of hydrogen-bond donors (Lipinski definition) is 2. The van der Waals surface area contributed by atoms with Crippen molar-refractivity contribution in [3.05, 3.63) is 28.8 Å². The van der Waals surface area contributed by atoms with Gasteiger partial charge in [-0.15, -0.1) is 0 Å². The summed E-state index contributed by atoms with van der Waals surface area (Å²) in [5.41, 5.74) is 6.09. The predicted molar refractivity (Wildman–Crippen MR) is 56.6 cm³/mol. The van der Waals surface area contributed by atoms with E-state index in [-0.39, 0.29) is 0 Å². The van der Waals surface area contributed by atoms with E-state index in [9.17, 15) is 5.11 Å². The normalized spacial score (nSPS) is 12.6. The smallest absolute Gasteiger partial charge is 0.126 e. The summed E-state index contributed by atoms with van der Waals surface area (Å²) >= 11 is 5.79. The molecule has 0 unspecified atom stereocenters. The van der Waals surface area contributed by atoms with E-state index in [1.165, 1.54) is 0 Å². The summed E-state index contributed by atoms with van der Waals surface area (Å²) in [7, 11) is 1.55. The molecule has 0 fully saturated rings. The fourth-order valence-electron chi connectivity index (χ4n) is 1.27. The van der Waals surface area contributed by atoms with Crippen LogP contribution in [0.5, 0.6) is 5.75 Å². The highest BCUT2D eigenvalue weighted by Crippen LogP contribution is 2.29. The standard InChI is InChI=1S/C10H14ClNO2/c1-14-10-6-7(11)2-3-8(10)9(13)4-5-12/h2-3,6,9,13H,4-5,12H2,1H3/t9-/m1/s1. The van der Waals surface area contributed by atoms with E-state index in [1.807, 2.05) is 0 Å². The molecular formula is C10H14ClNO2. The van der Waals surface area contributed by atoms with Crippen molar-refractivity contribution in [1.82, 2.24) is 0 Å². The molecule has 0 aromatic heterocycles. The van der Waals surface area contributed by atoms with Gasteiger partial charge in [0.2, 0.25) is 0 Å². The van der Waals surface area contributed by atoms with Crippen molar-refractivity contribution in [3.63, 3.8) is 0 Å². The lowest BCUT2D eigenvalue weighted by molar-refractivity contribution is 0.166. The minimum absolute atomic E-state index is 0.437. The van der Waals surface area contributed by atoms with Crippen molar-refractivity contribution in [2.75, 3.05) is 13.7 Å². The molecule has 1 atom stereocenters. The Kier molecular flexibility index (Phi) is 4.20. The molecule has 1 aromatic carbocycles. The summed E-state index contributed by atoms with van der Waals surface area (Å²) in [6, 6.07) is 5.15. The SMILES string of the molecule is COc1cc(Cl)ccc1[C@H](O)CCN. The van der Waals surface area contributed by atoms with Gasteiger partial charge in [0, 0.05) is 10.6 Å². The third-order valence-electron chi connectivity index (χ3n) is 1.99. The number of aliphatic hydroxyl groups is 1. The lowest BCUT2D eigenvalue weighted by Crippen LogP contribution is -2.07. The molecule has 0 aliphatic rings. The third kappa shape index (κ3) is 2.61. The molecule has 4 heteroatoms. The Labute approximate surface area is 88.4 Å². The fraction of sp³-hybridized carbons (Fsp3) is 0.400. The third-order valence-corrected chi connectivity index (χ3v) is 2.23. The zero-order valence-electron chi connectivity index (χ0n) is 8.03. The summed E-state index contributed by atoms with van der Waals surface area (Å²) < 4.78 is 5.11.